The van der Waals surface area contributed by atoms with E-state index in [9.17, 15) is 19.6 Å². The van der Waals surface area contributed by atoms with E-state index < -0.39 is 24.0 Å². The summed E-state index contributed by atoms with van der Waals surface area (Å²) in [6, 6.07) is 17.3. The van der Waals surface area contributed by atoms with Crippen molar-refractivity contribution in [2.75, 3.05) is 13.7 Å². The second kappa shape index (κ2) is 9.36. The lowest BCUT2D eigenvalue weighted by molar-refractivity contribution is -0.138. The van der Waals surface area contributed by atoms with E-state index in [1.807, 2.05) is 6.07 Å². The van der Waals surface area contributed by atoms with Gasteiger partial charge in [0.25, 0.3) is 5.91 Å². The highest BCUT2D eigenvalue weighted by atomic mass is 16.5. The number of amides is 1. The molecule has 0 saturated heterocycles. The van der Waals surface area contributed by atoms with Crippen LogP contribution in [0.5, 0.6) is 0 Å². The minimum absolute atomic E-state index is 0.137. The van der Waals surface area contributed by atoms with Crippen molar-refractivity contribution in [3.8, 4) is 6.07 Å². The average molecular weight is 404 g/mol. The third kappa shape index (κ3) is 4.57. The molecule has 0 spiro atoms. The molecule has 154 valence electrons. The summed E-state index contributed by atoms with van der Waals surface area (Å²) in [5, 5.41) is 9.59. The second-order valence-electron chi connectivity index (χ2n) is 7.51. The van der Waals surface area contributed by atoms with E-state index >= 15 is 0 Å². The topological polar surface area (TPSA) is 87.5 Å². The summed E-state index contributed by atoms with van der Waals surface area (Å²) in [6.07, 6.45) is 4.13. The van der Waals surface area contributed by atoms with Crippen molar-refractivity contribution in [3.63, 3.8) is 0 Å². The molecule has 3 rings (SSSR count). The van der Waals surface area contributed by atoms with Gasteiger partial charge in [-0.3, -0.25) is 9.59 Å². The SMILES string of the molecule is CN(C(=O)COC(=O)c1ccc(C(=O)c2ccccc2)cc1)C1(C#N)CCCCC1. The van der Waals surface area contributed by atoms with Gasteiger partial charge >= 0.3 is 5.97 Å². The van der Waals surface area contributed by atoms with Crippen molar-refractivity contribution < 1.29 is 19.1 Å². The smallest absolute Gasteiger partial charge is 0.338 e. The van der Waals surface area contributed by atoms with Crippen LogP contribution in [0, 0.1) is 11.3 Å². The Labute approximate surface area is 176 Å². The van der Waals surface area contributed by atoms with Gasteiger partial charge in [0.15, 0.2) is 12.4 Å². The van der Waals surface area contributed by atoms with Gasteiger partial charge in [-0.1, -0.05) is 61.7 Å². The number of benzene rings is 2. The number of esters is 1. The van der Waals surface area contributed by atoms with Crippen molar-refractivity contribution in [1.82, 2.24) is 4.90 Å². The maximum absolute atomic E-state index is 12.5. The molecule has 1 fully saturated rings. The van der Waals surface area contributed by atoms with Crippen LogP contribution in [0.15, 0.2) is 54.6 Å². The Morgan fingerprint density at radius 2 is 1.50 bits per heavy atom. The molecule has 1 aliphatic carbocycles. The van der Waals surface area contributed by atoms with Crippen molar-refractivity contribution in [3.05, 3.63) is 71.3 Å². The van der Waals surface area contributed by atoms with E-state index in [0.29, 0.717) is 24.0 Å². The molecule has 0 atom stereocenters. The summed E-state index contributed by atoms with van der Waals surface area (Å²) < 4.78 is 5.15. The molecule has 0 N–H and O–H groups in total. The molecule has 0 unspecified atom stereocenters. The number of rotatable bonds is 6. The molecule has 0 aliphatic heterocycles. The van der Waals surface area contributed by atoms with Crippen LogP contribution in [0.4, 0.5) is 0 Å². The number of carbonyl (C=O) groups excluding carboxylic acids is 3. The maximum atomic E-state index is 12.5. The Hall–Kier alpha value is -3.46. The van der Waals surface area contributed by atoms with Gasteiger partial charge in [-0.25, -0.2) is 4.79 Å². The molecule has 0 heterocycles. The van der Waals surface area contributed by atoms with E-state index in [4.69, 9.17) is 4.74 Å². The first-order valence-corrected chi connectivity index (χ1v) is 10.0. The number of hydrogen-bond donors (Lipinski definition) is 0. The minimum Gasteiger partial charge on any atom is -0.452 e. The summed E-state index contributed by atoms with van der Waals surface area (Å²) in [5.74, 6) is -1.19. The van der Waals surface area contributed by atoms with Gasteiger partial charge < -0.3 is 9.64 Å². The van der Waals surface area contributed by atoms with E-state index in [1.165, 1.54) is 17.0 Å². The zero-order valence-electron chi connectivity index (χ0n) is 17.0. The van der Waals surface area contributed by atoms with Crippen LogP contribution in [0.25, 0.3) is 0 Å². The highest BCUT2D eigenvalue weighted by molar-refractivity contribution is 6.09. The highest BCUT2D eigenvalue weighted by Crippen LogP contribution is 2.32. The Morgan fingerprint density at radius 3 is 2.10 bits per heavy atom. The fraction of sp³-hybridized carbons (Fsp3) is 0.333. The lowest BCUT2D eigenvalue weighted by Crippen LogP contribution is -2.51. The summed E-state index contributed by atoms with van der Waals surface area (Å²) in [4.78, 5) is 38.7. The summed E-state index contributed by atoms with van der Waals surface area (Å²) in [6.45, 7) is -0.427. The third-order valence-electron chi connectivity index (χ3n) is 5.65. The number of likely N-dealkylation sites (N-methyl/N-ethyl adjacent to an activating group) is 1. The average Bonchev–Trinajstić information content (AvgIpc) is 2.82. The Bertz CT molecular complexity index is 955. The van der Waals surface area contributed by atoms with Crippen LogP contribution in [0.1, 0.15) is 58.4 Å². The summed E-state index contributed by atoms with van der Waals surface area (Å²) in [7, 11) is 1.59. The predicted octanol–water partition coefficient (Wildman–Crippen LogP) is 3.76. The number of ether oxygens (including phenoxy) is 1. The zero-order chi connectivity index (χ0) is 21.6. The van der Waals surface area contributed by atoms with Crippen LogP contribution in [0.3, 0.4) is 0 Å². The number of carbonyl (C=O) groups is 3. The summed E-state index contributed by atoms with van der Waals surface area (Å²) in [5.41, 5.74) is 0.460. The number of hydrogen-bond acceptors (Lipinski definition) is 5. The maximum Gasteiger partial charge on any atom is 0.338 e. The fourth-order valence-electron chi connectivity index (χ4n) is 3.72. The van der Waals surface area contributed by atoms with Crippen molar-refractivity contribution in [2.24, 2.45) is 0 Å². The number of nitriles is 1. The Kier molecular flexibility index (Phi) is 6.63. The second-order valence-corrected chi connectivity index (χ2v) is 7.51. The van der Waals surface area contributed by atoms with Gasteiger partial charge in [-0.15, -0.1) is 0 Å². The van der Waals surface area contributed by atoms with Crippen LogP contribution < -0.4 is 0 Å². The van der Waals surface area contributed by atoms with Crippen LogP contribution >= 0.6 is 0 Å². The molecule has 6 heteroatoms. The first-order valence-electron chi connectivity index (χ1n) is 10.0. The normalized spacial score (nSPS) is 14.9. The monoisotopic (exact) mass is 404 g/mol. The van der Waals surface area contributed by atoms with Crippen LogP contribution in [-0.4, -0.2) is 41.8 Å². The van der Waals surface area contributed by atoms with Gasteiger partial charge in [-0.05, 0) is 25.0 Å². The van der Waals surface area contributed by atoms with Crippen LogP contribution in [-0.2, 0) is 9.53 Å². The van der Waals surface area contributed by atoms with E-state index in [0.717, 1.165) is 19.3 Å². The van der Waals surface area contributed by atoms with Gasteiger partial charge in [0.1, 0.15) is 5.54 Å². The number of ketones is 1. The van der Waals surface area contributed by atoms with Crippen molar-refractivity contribution in [1.29, 1.82) is 5.26 Å². The molecule has 0 bridgehead atoms. The lowest BCUT2D eigenvalue weighted by Gasteiger charge is -2.38. The standard InChI is InChI=1S/C24H24N2O4/c1-26(24(17-25)14-6-3-7-15-24)21(27)16-30-23(29)20-12-10-19(11-13-20)22(28)18-8-4-2-5-9-18/h2,4-5,8-13H,3,6-7,14-16H2,1H3. The molecular weight excluding hydrogens is 380 g/mol. The molecule has 0 radical (unpaired) electrons. The van der Waals surface area contributed by atoms with Gasteiger partial charge in [-0.2, -0.15) is 5.26 Å². The Morgan fingerprint density at radius 1 is 0.933 bits per heavy atom. The molecule has 1 saturated carbocycles. The zero-order valence-corrected chi connectivity index (χ0v) is 17.0. The molecule has 2 aromatic carbocycles. The third-order valence-corrected chi connectivity index (χ3v) is 5.65. The van der Waals surface area contributed by atoms with Crippen molar-refractivity contribution >= 4 is 17.7 Å². The van der Waals surface area contributed by atoms with E-state index in [1.54, 1.807) is 43.4 Å². The minimum atomic E-state index is -0.818. The first-order chi connectivity index (χ1) is 14.5. The quantitative estimate of drug-likeness (QED) is 0.540. The molecule has 1 aliphatic rings. The highest BCUT2D eigenvalue weighted by Gasteiger charge is 2.39. The van der Waals surface area contributed by atoms with Crippen LogP contribution in [0.2, 0.25) is 0 Å². The molecule has 0 aromatic heterocycles. The first kappa shape index (κ1) is 21.3. The van der Waals surface area contributed by atoms with E-state index in [2.05, 4.69) is 6.07 Å². The van der Waals surface area contributed by atoms with Gasteiger partial charge in [0, 0.05) is 18.2 Å². The molecule has 6 nitrogen and oxygen atoms in total. The Balaban J connectivity index is 1.59. The van der Waals surface area contributed by atoms with Crippen molar-refractivity contribution in [2.45, 2.75) is 37.6 Å². The largest absolute Gasteiger partial charge is 0.452 e. The van der Waals surface area contributed by atoms with Gasteiger partial charge in [0.2, 0.25) is 0 Å². The molecule has 30 heavy (non-hydrogen) atoms. The molecule has 1 amide bonds. The predicted molar refractivity (Wildman–Crippen MR) is 111 cm³/mol. The lowest BCUT2D eigenvalue weighted by atomic mass is 9.81. The van der Waals surface area contributed by atoms with Gasteiger partial charge in [0.05, 0.1) is 11.6 Å². The molecular formula is C24H24N2O4. The van der Waals surface area contributed by atoms with E-state index in [-0.39, 0.29) is 11.3 Å². The number of nitrogens with zero attached hydrogens (tertiary/aromatic N) is 2. The summed E-state index contributed by atoms with van der Waals surface area (Å²) >= 11 is 0. The molecule has 2 aromatic rings. The fourth-order valence-corrected chi connectivity index (χ4v) is 3.72.